The van der Waals surface area contributed by atoms with E-state index >= 15 is 0 Å². The first kappa shape index (κ1) is 13.9. The molecule has 1 amide bonds. The number of aromatic nitrogens is 1. The molecule has 3 rings (SSSR count). The van der Waals surface area contributed by atoms with Gasteiger partial charge in [0.1, 0.15) is 0 Å². The molecule has 0 saturated heterocycles. The summed E-state index contributed by atoms with van der Waals surface area (Å²) in [5.41, 5.74) is 6.43. The largest absolute Gasteiger partial charge is 0.366 e. The standard InChI is InChI=1S/C15H11ClN2O2S/c16-9-5-6-12-11(7-9)14(8-18-12)21(20)13-4-2-1-3-10(13)15(17)19/h1-8,18H,(H2,17,19). The summed E-state index contributed by atoms with van der Waals surface area (Å²) in [6.07, 6.45) is 1.66. The highest BCUT2D eigenvalue weighted by Crippen LogP contribution is 2.28. The minimum atomic E-state index is -1.52. The van der Waals surface area contributed by atoms with E-state index in [1.807, 2.05) is 6.07 Å². The molecule has 6 heteroatoms. The molecule has 0 fully saturated rings. The Morgan fingerprint density at radius 1 is 1.14 bits per heavy atom. The molecule has 2 aromatic carbocycles. The molecule has 0 saturated carbocycles. The van der Waals surface area contributed by atoms with Gasteiger partial charge in [-0.05, 0) is 30.3 Å². The molecule has 4 nitrogen and oxygen atoms in total. The molecule has 106 valence electrons. The molecular weight excluding hydrogens is 308 g/mol. The van der Waals surface area contributed by atoms with Gasteiger partial charge >= 0.3 is 0 Å². The number of fused-ring (bicyclic) bond motifs is 1. The fraction of sp³-hybridized carbons (Fsp3) is 0. The van der Waals surface area contributed by atoms with E-state index in [2.05, 4.69) is 4.98 Å². The fourth-order valence-corrected chi connectivity index (χ4v) is 3.69. The van der Waals surface area contributed by atoms with Gasteiger partial charge in [-0.1, -0.05) is 23.7 Å². The number of rotatable bonds is 3. The first-order valence-corrected chi connectivity index (χ1v) is 7.68. The molecule has 0 radical (unpaired) electrons. The third-order valence-corrected chi connectivity index (χ3v) is 4.89. The zero-order valence-corrected chi connectivity index (χ0v) is 12.4. The normalized spacial score (nSPS) is 12.4. The van der Waals surface area contributed by atoms with Crippen molar-refractivity contribution in [2.75, 3.05) is 0 Å². The maximum atomic E-state index is 12.8. The number of nitrogens with two attached hydrogens (primary N) is 1. The lowest BCUT2D eigenvalue weighted by Crippen LogP contribution is -2.14. The summed E-state index contributed by atoms with van der Waals surface area (Å²) in [6.45, 7) is 0. The number of nitrogens with one attached hydrogen (secondary N) is 1. The third kappa shape index (κ3) is 2.46. The molecule has 0 spiro atoms. The number of aromatic amines is 1. The Balaban J connectivity index is 2.18. The third-order valence-electron chi connectivity index (χ3n) is 3.16. The van der Waals surface area contributed by atoms with Gasteiger partial charge in [-0.25, -0.2) is 4.21 Å². The van der Waals surface area contributed by atoms with Crippen LogP contribution >= 0.6 is 11.6 Å². The van der Waals surface area contributed by atoms with Gasteiger partial charge < -0.3 is 10.7 Å². The second-order valence-corrected chi connectivity index (χ2v) is 6.33. The van der Waals surface area contributed by atoms with E-state index in [1.165, 1.54) is 0 Å². The van der Waals surface area contributed by atoms with E-state index < -0.39 is 16.7 Å². The van der Waals surface area contributed by atoms with Crippen LogP contribution in [0, 0.1) is 0 Å². The van der Waals surface area contributed by atoms with Crippen LogP contribution in [0.3, 0.4) is 0 Å². The Bertz CT molecular complexity index is 873. The monoisotopic (exact) mass is 318 g/mol. The molecule has 21 heavy (non-hydrogen) atoms. The molecule has 3 N–H and O–H groups in total. The van der Waals surface area contributed by atoms with Crippen molar-refractivity contribution in [1.29, 1.82) is 0 Å². The Kier molecular flexibility index (Phi) is 3.53. The van der Waals surface area contributed by atoms with Crippen LogP contribution < -0.4 is 5.73 Å². The van der Waals surface area contributed by atoms with Crippen molar-refractivity contribution >= 4 is 39.2 Å². The number of amides is 1. The highest BCUT2D eigenvalue weighted by Gasteiger charge is 2.18. The summed E-state index contributed by atoms with van der Waals surface area (Å²) < 4.78 is 12.8. The Morgan fingerprint density at radius 2 is 1.90 bits per heavy atom. The number of benzene rings is 2. The molecule has 1 unspecified atom stereocenters. The predicted octanol–water partition coefficient (Wildman–Crippen LogP) is 3.09. The van der Waals surface area contributed by atoms with Crippen molar-refractivity contribution in [2.45, 2.75) is 9.79 Å². The zero-order chi connectivity index (χ0) is 15.0. The molecule has 3 aromatic rings. The Labute approximate surface area is 128 Å². The van der Waals surface area contributed by atoms with Crippen LogP contribution in [-0.4, -0.2) is 15.1 Å². The van der Waals surface area contributed by atoms with Gasteiger partial charge in [0.15, 0.2) is 0 Å². The van der Waals surface area contributed by atoms with Gasteiger partial charge in [0, 0.05) is 22.1 Å². The van der Waals surface area contributed by atoms with Crippen molar-refractivity contribution in [3.8, 4) is 0 Å². The molecule has 1 atom stereocenters. The lowest BCUT2D eigenvalue weighted by molar-refractivity contribution is 0.0997. The SMILES string of the molecule is NC(=O)c1ccccc1S(=O)c1c[nH]c2ccc(Cl)cc12. The van der Waals surface area contributed by atoms with Gasteiger partial charge in [-0.15, -0.1) is 0 Å². The first-order valence-electron chi connectivity index (χ1n) is 6.15. The number of H-pyrrole nitrogens is 1. The average molecular weight is 319 g/mol. The zero-order valence-electron chi connectivity index (χ0n) is 10.8. The van der Waals surface area contributed by atoms with Crippen molar-refractivity contribution in [1.82, 2.24) is 4.98 Å². The quantitative estimate of drug-likeness (QED) is 0.778. The van der Waals surface area contributed by atoms with E-state index in [-0.39, 0.29) is 5.56 Å². The highest BCUT2D eigenvalue weighted by molar-refractivity contribution is 7.85. The first-order chi connectivity index (χ1) is 10.1. The molecule has 0 bridgehead atoms. The highest BCUT2D eigenvalue weighted by atomic mass is 35.5. The van der Waals surface area contributed by atoms with Gasteiger partial charge in [0.05, 0.1) is 26.2 Å². The van der Waals surface area contributed by atoms with Crippen molar-refractivity contribution in [3.05, 3.63) is 59.2 Å². The van der Waals surface area contributed by atoms with Crippen LogP contribution in [0.2, 0.25) is 5.02 Å². The summed E-state index contributed by atoms with van der Waals surface area (Å²) in [5, 5.41) is 1.32. The van der Waals surface area contributed by atoms with E-state index in [0.717, 1.165) is 10.9 Å². The average Bonchev–Trinajstić information content (AvgIpc) is 2.89. The van der Waals surface area contributed by atoms with Crippen molar-refractivity contribution in [2.24, 2.45) is 5.73 Å². The minimum absolute atomic E-state index is 0.257. The number of hydrogen-bond acceptors (Lipinski definition) is 2. The lowest BCUT2D eigenvalue weighted by atomic mass is 10.2. The smallest absolute Gasteiger partial charge is 0.249 e. The van der Waals surface area contributed by atoms with E-state index in [4.69, 9.17) is 17.3 Å². The molecule has 0 aliphatic carbocycles. The summed E-state index contributed by atoms with van der Waals surface area (Å²) >= 11 is 5.99. The molecule has 0 aliphatic heterocycles. The van der Waals surface area contributed by atoms with Crippen LogP contribution in [0.15, 0.2) is 58.5 Å². The summed E-state index contributed by atoms with van der Waals surface area (Å²) in [4.78, 5) is 15.5. The summed E-state index contributed by atoms with van der Waals surface area (Å²) in [6, 6.07) is 11.9. The van der Waals surface area contributed by atoms with Gasteiger partial charge in [0.25, 0.3) is 0 Å². The second kappa shape index (κ2) is 5.35. The van der Waals surface area contributed by atoms with Gasteiger partial charge in [0.2, 0.25) is 5.91 Å². The molecule has 1 aromatic heterocycles. The van der Waals surface area contributed by atoms with E-state index in [1.54, 1.807) is 42.6 Å². The minimum Gasteiger partial charge on any atom is -0.366 e. The molecule has 0 aliphatic rings. The number of halogens is 1. The fourth-order valence-electron chi connectivity index (χ4n) is 2.17. The maximum Gasteiger partial charge on any atom is 0.249 e. The van der Waals surface area contributed by atoms with E-state index in [9.17, 15) is 9.00 Å². The van der Waals surface area contributed by atoms with Crippen LogP contribution in [0.4, 0.5) is 0 Å². The number of primary amides is 1. The van der Waals surface area contributed by atoms with Crippen molar-refractivity contribution < 1.29 is 9.00 Å². The second-order valence-electron chi connectivity index (χ2n) is 4.47. The van der Waals surface area contributed by atoms with Crippen LogP contribution in [0.5, 0.6) is 0 Å². The van der Waals surface area contributed by atoms with Crippen molar-refractivity contribution in [3.63, 3.8) is 0 Å². The predicted molar refractivity (Wildman–Crippen MR) is 82.9 cm³/mol. The van der Waals surface area contributed by atoms with Crippen LogP contribution in [0.1, 0.15) is 10.4 Å². The van der Waals surface area contributed by atoms with Crippen LogP contribution in [0.25, 0.3) is 10.9 Å². The van der Waals surface area contributed by atoms with Gasteiger partial charge in [-0.3, -0.25) is 4.79 Å². The maximum absolute atomic E-state index is 12.8. The van der Waals surface area contributed by atoms with E-state index in [0.29, 0.717) is 14.8 Å². The number of hydrogen-bond donors (Lipinski definition) is 2. The number of carbonyl (C=O) groups is 1. The molecular formula is C15H11ClN2O2S. The molecule has 1 heterocycles. The van der Waals surface area contributed by atoms with Gasteiger partial charge in [-0.2, -0.15) is 0 Å². The summed E-state index contributed by atoms with van der Waals surface area (Å²) in [7, 11) is -1.52. The Morgan fingerprint density at radius 3 is 2.67 bits per heavy atom. The number of carbonyl (C=O) groups excluding carboxylic acids is 1. The topological polar surface area (TPSA) is 76.0 Å². The summed E-state index contributed by atoms with van der Waals surface area (Å²) in [5.74, 6) is -0.600. The Hall–Kier alpha value is -2.11. The van der Waals surface area contributed by atoms with Crippen LogP contribution in [-0.2, 0) is 10.8 Å². The lowest BCUT2D eigenvalue weighted by Gasteiger charge is -2.05.